The molecule has 8 nitrogen and oxygen atoms in total. The number of phenols is 1. The smallest absolute Gasteiger partial charge is 0.317 e. The summed E-state index contributed by atoms with van der Waals surface area (Å²) in [5.41, 5.74) is 4.02. The molecule has 3 N–H and O–H groups in total. The Labute approximate surface area is 187 Å². The normalized spacial score (nSPS) is 18.8. The largest absolute Gasteiger partial charge is 0.508 e. The monoisotopic (exact) mass is 437 g/mol. The van der Waals surface area contributed by atoms with Gasteiger partial charge in [-0.2, -0.15) is 5.10 Å². The molecule has 1 fully saturated rings. The lowest BCUT2D eigenvalue weighted by molar-refractivity contribution is -0.143. The number of hydrogen-bond donors (Lipinski definition) is 3. The van der Waals surface area contributed by atoms with Crippen LogP contribution in [-0.4, -0.2) is 71.9 Å². The van der Waals surface area contributed by atoms with Gasteiger partial charge in [-0.15, -0.1) is 0 Å². The number of aliphatic carboxylic acids is 1. The van der Waals surface area contributed by atoms with Crippen LogP contribution in [0.5, 0.6) is 5.75 Å². The summed E-state index contributed by atoms with van der Waals surface area (Å²) in [6, 6.07) is 9.13. The van der Waals surface area contributed by atoms with Crippen LogP contribution in [0.3, 0.4) is 0 Å². The highest BCUT2D eigenvalue weighted by molar-refractivity contribution is 5.84. The Morgan fingerprint density at radius 3 is 2.38 bits per heavy atom. The average Bonchev–Trinajstić information content (AvgIpc) is 3.07. The average molecular weight is 438 g/mol. The van der Waals surface area contributed by atoms with Gasteiger partial charge >= 0.3 is 5.97 Å². The Bertz CT molecular complexity index is 1150. The van der Waals surface area contributed by atoms with Crippen molar-refractivity contribution in [3.8, 4) is 17.0 Å². The molecule has 1 saturated heterocycles. The summed E-state index contributed by atoms with van der Waals surface area (Å²) in [5.74, 6) is -0.582. The minimum atomic E-state index is -0.800. The number of aromatic hydroxyl groups is 1. The zero-order valence-electron chi connectivity index (χ0n) is 19.3. The number of piperazine rings is 1. The summed E-state index contributed by atoms with van der Waals surface area (Å²) < 4.78 is 0. The number of carboxylic acids is 1. The van der Waals surface area contributed by atoms with E-state index in [1.54, 1.807) is 12.1 Å². The van der Waals surface area contributed by atoms with E-state index >= 15 is 0 Å². The molecule has 2 aromatic heterocycles. The molecule has 3 heterocycles. The van der Waals surface area contributed by atoms with Crippen molar-refractivity contribution in [1.82, 2.24) is 25.0 Å². The fraction of sp³-hybridized carbons (Fsp3) is 0.458. The molecule has 1 aliphatic heterocycles. The van der Waals surface area contributed by atoms with Gasteiger partial charge in [-0.05, 0) is 70.5 Å². The molecular weight excluding hydrogens is 406 g/mol. The molecule has 0 unspecified atom stereocenters. The van der Waals surface area contributed by atoms with Gasteiger partial charge in [0.15, 0.2) is 5.65 Å². The molecule has 3 aromatic rings. The Morgan fingerprint density at radius 1 is 1.09 bits per heavy atom. The molecule has 1 aromatic carbocycles. The van der Waals surface area contributed by atoms with Crippen LogP contribution < -0.4 is 0 Å². The number of carboxylic acid groups (broad SMARTS) is 1. The van der Waals surface area contributed by atoms with Gasteiger partial charge in [0, 0.05) is 41.7 Å². The number of aryl methyl sites for hydroxylation is 1. The van der Waals surface area contributed by atoms with Crippen LogP contribution in [0.25, 0.3) is 22.3 Å². The van der Waals surface area contributed by atoms with E-state index in [1.165, 1.54) is 0 Å². The van der Waals surface area contributed by atoms with Gasteiger partial charge in [0.1, 0.15) is 5.75 Å². The van der Waals surface area contributed by atoms with Gasteiger partial charge in [-0.1, -0.05) is 0 Å². The lowest BCUT2D eigenvalue weighted by Crippen LogP contribution is -2.67. The summed E-state index contributed by atoms with van der Waals surface area (Å²) in [6.45, 7) is 12.6. The number of hydrogen-bond acceptors (Lipinski definition) is 6. The number of rotatable bonds is 5. The van der Waals surface area contributed by atoms with E-state index in [0.717, 1.165) is 40.1 Å². The Balaban J connectivity index is 1.72. The topological polar surface area (TPSA) is 106 Å². The second kappa shape index (κ2) is 7.86. The van der Waals surface area contributed by atoms with Gasteiger partial charge < -0.3 is 10.2 Å². The maximum atomic E-state index is 11.4. The third-order valence-corrected chi connectivity index (χ3v) is 6.51. The third-order valence-electron chi connectivity index (χ3n) is 6.51. The second-order valence-corrected chi connectivity index (χ2v) is 9.98. The number of benzene rings is 1. The number of carbonyl (C=O) groups is 1. The quantitative estimate of drug-likeness (QED) is 0.562. The predicted molar refractivity (Wildman–Crippen MR) is 124 cm³/mol. The first-order chi connectivity index (χ1) is 15.0. The van der Waals surface area contributed by atoms with Crippen molar-refractivity contribution < 1.29 is 15.0 Å². The first kappa shape index (κ1) is 22.2. The molecule has 0 radical (unpaired) electrons. The number of aromatic amines is 1. The SMILES string of the molecule is Cc1n[nH]c2nc(-c3ccc(O)cc3)cc(CN3CC(C)(C)N(CC(=O)O)CC3(C)C)c12. The van der Waals surface area contributed by atoms with Crippen molar-refractivity contribution in [2.24, 2.45) is 0 Å². The van der Waals surface area contributed by atoms with Crippen LogP contribution in [0.2, 0.25) is 0 Å². The fourth-order valence-corrected chi connectivity index (χ4v) is 4.65. The molecule has 8 heteroatoms. The molecule has 0 amide bonds. The zero-order chi connectivity index (χ0) is 23.3. The van der Waals surface area contributed by atoms with E-state index in [1.807, 2.05) is 19.1 Å². The molecule has 0 bridgehead atoms. The molecule has 0 atom stereocenters. The molecule has 0 saturated carbocycles. The lowest BCUT2D eigenvalue weighted by Gasteiger charge is -2.55. The Hall–Kier alpha value is -2.97. The highest BCUT2D eigenvalue weighted by Crippen LogP contribution is 2.34. The molecule has 1 aliphatic rings. The van der Waals surface area contributed by atoms with Gasteiger partial charge in [-0.25, -0.2) is 4.98 Å². The van der Waals surface area contributed by atoms with Crippen molar-refractivity contribution in [3.05, 3.63) is 41.6 Å². The summed E-state index contributed by atoms with van der Waals surface area (Å²) in [5, 5.41) is 27.5. The maximum absolute atomic E-state index is 11.4. The van der Waals surface area contributed by atoms with Crippen molar-refractivity contribution >= 4 is 17.0 Å². The Kier molecular flexibility index (Phi) is 5.46. The lowest BCUT2D eigenvalue weighted by atomic mass is 9.88. The number of H-pyrrole nitrogens is 1. The van der Waals surface area contributed by atoms with Gasteiger partial charge in [0.2, 0.25) is 0 Å². The van der Waals surface area contributed by atoms with Crippen LogP contribution in [0.15, 0.2) is 30.3 Å². The van der Waals surface area contributed by atoms with Crippen LogP contribution in [0.4, 0.5) is 0 Å². The molecule has 4 rings (SSSR count). The minimum absolute atomic E-state index is 0.0373. The molecule has 170 valence electrons. The minimum Gasteiger partial charge on any atom is -0.508 e. The van der Waals surface area contributed by atoms with Crippen molar-refractivity contribution in [2.75, 3.05) is 19.6 Å². The van der Waals surface area contributed by atoms with Gasteiger partial charge in [-0.3, -0.25) is 19.7 Å². The fourth-order valence-electron chi connectivity index (χ4n) is 4.65. The third kappa shape index (κ3) is 4.20. The van der Waals surface area contributed by atoms with Crippen LogP contribution in [0.1, 0.15) is 39.0 Å². The summed E-state index contributed by atoms with van der Waals surface area (Å²) in [4.78, 5) is 20.6. The number of aromatic nitrogens is 3. The molecule has 32 heavy (non-hydrogen) atoms. The van der Waals surface area contributed by atoms with E-state index in [9.17, 15) is 15.0 Å². The van der Waals surface area contributed by atoms with Gasteiger partial charge in [0.05, 0.1) is 17.9 Å². The van der Waals surface area contributed by atoms with Crippen LogP contribution >= 0.6 is 0 Å². The van der Waals surface area contributed by atoms with Gasteiger partial charge in [0.25, 0.3) is 0 Å². The standard InChI is InChI=1S/C24H31N5O3/c1-15-21-17(10-19(25-22(21)27-26-15)16-6-8-18(30)9-7-16)11-28-13-24(4,5)29(12-20(31)32)14-23(28,2)3/h6-10,30H,11-14H2,1-5H3,(H,31,32)(H,25,26,27). The summed E-state index contributed by atoms with van der Waals surface area (Å²) in [7, 11) is 0. The van der Waals surface area contributed by atoms with Crippen molar-refractivity contribution in [3.63, 3.8) is 0 Å². The predicted octanol–water partition coefficient (Wildman–Crippen LogP) is 3.40. The van der Waals surface area contributed by atoms with E-state index in [0.29, 0.717) is 13.1 Å². The second-order valence-electron chi connectivity index (χ2n) is 9.98. The van der Waals surface area contributed by atoms with E-state index in [2.05, 4.69) is 53.8 Å². The van der Waals surface area contributed by atoms with Crippen LogP contribution in [-0.2, 0) is 11.3 Å². The number of phenolic OH excluding ortho intramolecular Hbond substituents is 1. The molecule has 0 aliphatic carbocycles. The van der Waals surface area contributed by atoms with Crippen molar-refractivity contribution in [2.45, 2.75) is 52.2 Å². The maximum Gasteiger partial charge on any atom is 0.317 e. The number of fused-ring (bicyclic) bond motifs is 1. The van der Waals surface area contributed by atoms with Crippen LogP contribution in [0, 0.1) is 6.92 Å². The van der Waals surface area contributed by atoms with Crippen molar-refractivity contribution in [1.29, 1.82) is 0 Å². The number of nitrogens with zero attached hydrogens (tertiary/aromatic N) is 4. The summed E-state index contributed by atoms with van der Waals surface area (Å²) >= 11 is 0. The number of nitrogens with one attached hydrogen (secondary N) is 1. The van der Waals surface area contributed by atoms with E-state index in [-0.39, 0.29) is 23.4 Å². The highest BCUT2D eigenvalue weighted by atomic mass is 16.4. The summed E-state index contributed by atoms with van der Waals surface area (Å²) in [6.07, 6.45) is 0. The first-order valence-electron chi connectivity index (χ1n) is 10.8. The van der Waals surface area contributed by atoms with E-state index < -0.39 is 5.97 Å². The number of pyridine rings is 1. The Morgan fingerprint density at radius 2 is 1.72 bits per heavy atom. The highest BCUT2D eigenvalue weighted by Gasteiger charge is 2.43. The first-order valence-corrected chi connectivity index (χ1v) is 10.8. The van der Waals surface area contributed by atoms with E-state index in [4.69, 9.17) is 4.98 Å². The molecule has 0 spiro atoms. The molecular formula is C24H31N5O3. The zero-order valence-corrected chi connectivity index (χ0v) is 19.3.